The summed E-state index contributed by atoms with van der Waals surface area (Å²) < 4.78 is 0.976. The number of aromatic nitrogens is 2. The monoisotopic (exact) mass is 328 g/mol. The molecule has 2 aromatic rings. The van der Waals surface area contributed by atoms with E-state index in [1.807, 2.05) is 4.98 Å². The number of benzene rings is 1. The Morgan fingerprint density at radius 1 is 1.29 bits per heavy atom. The Kier molecular flexibility index (Phi) is 4.35. The van der Waals surface area contributed by atoms with Crippen LogP contribution in [0.25, 0.3) is 0 Å². The van der Waals surface area contributed by atoms with E-state index in [4.69, 9.17) is 28.9 Å². The maximum Gasteiger partial charge on any atom is 0.328 e. The van der Waals surface area contributed by atoms with Gasteiger partial charge in [-0.1, -0.05) is 23.2 Å². The summed E-state index contributed by atoms with van der Waals surface area (Å²) in [5.41, 5.74) is 4.92. The molecular weight excluding hydrogens is 319 g/mol. The van der Waals surface area contributed by atoms with E-state index in [1.165, 1.54) is 12.1 Å². The van der Waals surface area contributed by atoms with Gasteiger partial charge in [-0.3, -0.25) is 19.1 Å². The number of H-pyrrole nitrogens is 1. The number of nitrogen functional groups attached to an aromatic ring is 1. The normalized spacial score (nSPS) is 10.4. The molecule has 0 aliphatic rings. The molecule has 0 saturated heterocycles. The molecule has 4 N–H and O–H groups in total. The fourth-order valence-corrected chi connectivity index (χ4v) is 1.98. The van der Waals surface area contributed by atoms with Crippen LogP contribution in [0.4, 0.5) is 11.4 Å². The van der Waals surface area contributed by atoms with Gasteiger partial charge in [0.25, 0.3) is 5.56 Å². The average molecular weight is 329 g/mol. The topological polar surface area (TPSA) is 110 Å². The van der Waals surface area contributed by atoms with Crippen molar-refractivity contribution < 1.29 is 4.79 Å². The summed E-state index contributed by atoms with van der Waals surface area (Å²) in [5.74, 6) is -0.508. The van der Waals surface area contributed by atoms with E-state index in [0.29, 0.717) is 11.4 Å². The highest BCUT2D eigenvalue weighted by molar-refractivity contribution is 6.34. The lowest BCUT2D eigenvalue weighted by molar-refractivity contribution is -0.116. The van der Waals surface area contributed by atoms with Gasteiger partial charge in [0.1, 0.15) is 11.6 Å². The number of hydrogen-bond donors (Lipinski definition) is 3. The first-order valence-electron chi connectivity index (χ1n) is 5.71. The summed E-state index contributed by atoms with van der Waals surface area (Å²) in [4.78, 5) is 36.5. The number of carbonyl (C=O) groups excluding carboxylic acids is 1. The highest BCUT2D eigenvalue weighted by Crippen LogP contribution is 2.23. The molecule has 0 radical (unpaired) electrons. The summed E-state index contributed by atoms with van der Waals surface area (Å²) in [5, 5.41) is 2.61. The Balaban J connectivity index is 2.17. The Labute approximate surface area is 128 Å². The minimum absolute atomic E-state index is 0.187. The molecule has 110 valence electrons. The first-order chi connectivity index (χ1) is 9.86. The van der Waals surface area contributed by atoms with E-state index >= 15 is 0 Å². The van der Waals surface area contributed by atoms with Crippen molar-refractivity contribution in [2.75, 3.05) is 11.1 Å². The van der Waals surface area contributed by atoms with Crippen molar-refractivity contribution in [2.24, 2.45) is 0 Å². The van der Waals surface area contributed by atoms with Crippen molar-refractivity contribution in [3.63, 3.8) is 0 Å². The zero-order valence-corrected chi connectivity index (χ0v) is 12.0. The average Bonchev–Trinajstić information content (AvgIpc) is 2.39. The van der Waals surface area contributed by atoms with E-state index in [9.17, 15) is 14.4 Å². The molecule has 1 heterocycles. The minimum Gasteiger partial charge on any atom is -0.399 e. The minimum atomic E-state index is -0.733. The number of nitrogens with one attached hydrogen (secondary N) is 2. The molecule has 21 heavy (non-hydrogen) atoms. The Morgan fingerprint density at radius 2 is 2.00 bits per heavy atom. The standard InChI is InChI=1S/C12H10Cl2N4O3/c13-7-3-6(15)1-2-9(7)16-10(19)5-18-4-8(14)11(20)17-12(18)21/h1-4H,5,15H2,(H,16,19)(H,17,20,21). The highest BCUT2D eigenvalue weighted by Gasteiger charge is 2.09. The molecule has 9 heteroatoms. The molecule has 0 atom stereocenters. The van der Waals surface area contributed by atoms with Crippen LogP contribution < -0.4 is 22.3 Å². The van der Waals surface area contributed by atoms with Gasteiger partial charge in [-0.25, -0.2) is 4.79 Å². The van der Waals surface area contributed by atoms with Crippen LogP contribution in [0.1, 0.15) is 0 Å². The van der Waals surface area contributed by atoms with Crippen LogP contribution in [0, 0.1) is 0 Å². The zero-order chi connectivity index (χ0) is 15.6. The van der Waals surface area contributed by atoms with Gasteiger partial charge in [-0.15, -0.1) is 0 Å². The first kappa shape index (κ1) is 15.1. The van der Waals surface area contributed by atoms with Crippen molar-refractivity contribution in [1.29, 1.82) is 0 Å². The first-order valence-corrected chi connectivity index (χ1v) is 6.46. The third-order valence-electron chi connectivity index (χ3n) is 2.55. The zero-order valence-electron chi connectivity index (χ0n) is 10.5. The molecule has 2 rings (SSSR count). The van der Waals surface area contributed by atoms with Gasteiger partial charge < -0.3 is 11.1 Å². The predicted octanol–water partition coefficient (Wildman–Crippen LogP) is 1.06. The van der Waals surface area contributed by atoms with Gasteiger partial charge in [-0.05, 0) is 18.2 Å². The summed E-state index contributed by atoms with van der Waals surface area (Å²) in [6.07, 6.45) is 1.09. The fourth-order valence-electron chi connectivity index (χ4n) is 1.58. The molecule has 0 spiro atoms. The van der Waals surface area contributed by atoms with Crippen molar-refractivity contribution in [3.8, 4) is 0 Å². The quantitative estimate of drug-likeness (QED) is 0.732. The molecule has 0 aliphatic carbocycles. The lowest BCUT2D eigenvalue weighted by Gasteiger charge is -2.09. The van der Waals surface area contributed by atoms with Gasteiger partial charge in [-0.2, -0.15) is 0 Å². The second-order valence-corrected chi connectivity index (χ2v) is 4.97. The number of amides is 1. The van der Waals surface area contributed by atoms with Crippen molar-refractivity contribution in [2.45, 2.75) is 6.54 Å². The number of nitrogens with zero attached hydrogens (tertiary/aromatic N) is 1. The predicted molar refractivity (Wildman–Crippen MR) is 80.8 cm³/mol. The van der Waals surface area contributed by atoms with Crippen LogP contribution >= 0.6 is 23.2 Å². The fraction of sp³-hybridized carbons (Fsp3) is 0.0833. The van der Waals surface area contributed by atoms with E-state index in [2.05, 4.69) is 5.32 Å². The molecular formula is C12H10Cl2N4O3. The summed E-state index contributed by atoms with van der Waals surface area (Å²) >= 11 is 11.5. The van der Waals surface area contributed by atoms with Crippen LogP contribution in [-0.2, 0) is 11.3 Å². The highest BCUT2D eigenvalue weighted by atomic mass is 35.5. The maximum absolute atomic E-state index is 11.9. The number of aromatic amines is 1. The molecule has 0 saturated carbocycles. The summed E-state index contributed by atoms with van der Waals surface area (Å²) in [7, 11) is 0. The smallest absolute Gasteiger partial charge is 0.328 e. The molecule has 0 unspecified atom stereocenters. The number of halogens is 2. The van der Waals surface area contributed by atoms with E-state index in [-0.39, 0.29) is 16.6 Å². The number of rotatable bonds is 3. The molecule has 0 fully saturated rings. The molecule has 0 bridgehead atoms. The van der Waals surface area contributed by atoms with E-state index < -0.39 is 17.2 Å². The van der Waals surface area contributed by atoms with Gasteiger partial charge >= 0.3 is 5.69 Å². The van der Waals surface area contributed by atoms with Crippen LogP contribution in [-0.4, -0.2) is 15.5 Å². The summed E-state index contributed by atoms with van der Waals surface area (Å²) in [6, 6.07) is 4.60. The van der Waals surface area contributed by atoms with Gasteiger partial charge in [0.2, 0.25) is 5.91 Å². The third kappa shape index (κ3) is 3.65. The lowest BCUT2D eigenvalue weighted by atomic mass is 10.3. The Hall–Kier alpha value is -2.25. The van der Waals surface area contributed by atoms with Crippen molar-refractivity contribution in [3.05, 3.63) is 55.3 Å². The summed E-state index contributed by atoms with van der Waals surface area (Å²) in [6.45, 7) is -0.323. The van der Waals surface area contributed by atoms with Gasteiger partial charge in [0.05, 0.1) is 10.7 Å². The van der Waals surface area contributed by atoms with E-state index in [0.717, 1.165) is 10.8 Å². The van der Waals surface area contributed by atoms with Crippen LogP contribution in [0.5, 0.6) is 0 Å². The van der Waals surface area contributed by atoms with Crippen LogP contribution in [0.2, 0.25) is 10.0 Å². The third-order valence-corrected chi connectivity index (χ3v) is 3.13. The van der Waals surface area contributed by atoms with Crippen LogP contribution in [0.15, 0.2) is 34.0 Å². The largest absolute Gasteiger partial charge is 0.399 e. The van der Waals surface area contributed by atoms with Gasteiger partial charge in [0.15, 0.2) is 0 Å². The SMILES string of the molecule is Nc1ccc(NC(=O)Cn2cc(Cl)c(=O)[nH]c2=O)c(Cl)c1. The van der Waals surface area contributed by atoms with E-state index in [1.54, 1.807) is 6.07 Å². The number of nitrogens with two attached hydrogens (primary N) is 1. The molecule has 0 aliphatic heterocycles. The Morgan fingerprint density at radius 3 is 2.67 bits per heavy atom. The molecule has 1 amide bonds. The lowest BCUT2D eigenvalue weighted by Crippen LogP contribution is -2.33. The Bertz CT molecular complexity index is 813. The van der Waals surface area contributed by atoms with Gasteiger partial charge in [0, 0.05) is 11.9 Å². The second-order valence-electron chi connectivity index (χ2n) is 4.15. The molecule has 1 aromatic carbocycles. The molecule has 7 nitrogen and oxygen atoms in total. The number of anilines is 2. The van der Waals surface area contributed by atoms with Crippen molar-refractivity contribution >= 4 is 40.5 Å². The number of hydrogen-bond acceptors (Lipinski definition) is 4. The van der Waals surface area contributed by atoms with Crippen molar-refractivity contribution in [1.82, 2.24) is 9.55 Å². The van der Waals surface area contributed by atoms with Crippen LogP contribution in [0.3, 0.4) is 0 Å². The maximum atomic E-state index is 11.9. The molecule has 1 aromatic heterocycles. The second kappa shape index (κ2) is 6.02. The number of carbonyl (C=O) groups is 1.